The summed E-state index contributed by atoms with van der Waals surface area (Å²) in [7, 11) is -3.83. The Balaban J connectivity index is 3.58. The van der Waals surface area contributed by atoms with Crippen molar-refractivity contribution in [3.05, 3.63) is 0 Å². The van der Waals surface area contributed by atoms with Gasteiger partial charge in [0.05, 0.1) is 63.5 Å². The van der Waals surface area contributed by atoms with Crippen LogP contribution in [0.25, 0.3) is 0 Å². The molecule has 0 saturated carbocycles. The van der Waals surface area contributed by atoms with Gasteiger partial charge in [-0.3, -0.25) is 33.3 Å². The van der Waals surface area contributed by atoms with E-state index < -0.39 is 28.1 Å². The van der Waals surface area contributed by atoms with Crippen LogP contribution in [0.3, 0.4) is 0 Å². The molecule has 410 valence electrons. The molecule has 0 rings (SSSR count). The molecule has 3 atom stereocenters. The first-order chi connectivity index (χ1) is 33.7. The van der Waals surface area contributed by atoms with Gasteiger partial charge in [0.15, 0.2) is 0 Å². The monoisotopic (exact) mass is 1140 g/mol. The lowest BCUT2D eigenvalue weighted by atomic mass is 10.0. The fourth-order valence-corrected chi connectivity index (χ4v) is 8.06. The minimum Gasteiger partial charge on any atom is -0.377 e. The molecular formula is C46H90IN9O13S. The van der Waals surface area contributed by atoms with Gasteiger partial charge in [-0.25, -0.2) is 3.53 Å². The molecule has 0 unspecified atom stereocenters. The zero-order valence-corrected chi connectivity index (χ0v) is 44.7. The molecule has 22 nitrogen and oxygen atoms in total. The largest absolute Gasteiger partial charge is 0.377 e. The molecule has 0 spiro atoms. The SMILES string of the molecule is NC(=O)[C@H](CCCCNC(=O)COCCOCCNC(=O)COCCOCCNC(=O)[C@@H](N)CCCCNC(=O)[C@@H](N)CCCCNC(=O)CCCCCCCCCCCCCCCS(=O)(=O)O)NI. The van der Waals surface area contributed by atoms with E-state index in [0.29, 0.717) is 71.0 Å². The average molecular weight is 1140 g/mol. The van der Waals surface area contributed by atoms with Gasteiger partial charge in [0.25, 0.3) is 10.1 Å². The number of nitrogens with one attached hydrogen (secondary N) is 6. The van der Waals surface area contributed by atoms with E-state index in [1.807, 2.05) is 22.9 Å². The summed E-state index contributed by atoms with van der Waals surface area (Å²) >= 11 is 1.89. The van der Waals surface area contributed by atoms with Crippen molar-refractivity contribution in [2.24, 2.45) is 17.2 Å². The maximum atomic E-state index is 12.4. The normalized spacial score (nSPS) is 12.7. The number of rotatable bonds is 51. The van der Waals surface area contributed by atoms with E-state index in [2.05, 4.69) is 30.1 Å². The first-order valence-electron chi connectivity index (χ1n) is 25.4. The Morgan fingerprint density at radius 3 is 1.29 bits per heavy atom. The van der Waals surface area contributed by atoms with Gasteiger partial charge in [-0.2, -0.15) is 8.42 Å². The number of halogens is 1. The molecule has 0 aromatic rings. The highest BCUT2D eigenvalue weighted by atomic mass is 127. The summed E-state index contributed by atoms with van der Waals surface area (Å²) in [5.41, 5.74) is 17.3. The third kappa shape index (κ3) is 46.3. The molecule has 0 heterocycles. The van der Waals surface area contributed by atoms with Crippen LogP contribution in [0.5, 0.6) is 0 Å². The quantitative estimate of drug-likeness (QED) is 0.0180. The molecular weight excluding hydrogens is 1050 g/mol. The summed E-state index contributed by atoms with van der Waals surface area (Å²) in [6, 6.07) is -1.70. The molecule has 0 bridgehead atoms. The van der Waals surface area contributed by atoms with Crippen molar-refractivity contribution in [1.82, 2.24) is 30.1 Å². The van der Waals surface area contributed by atoms with Gasteiger partial charge in [-0.05, 0) is 70.6 Å². The second-order valence-corrected chi connectivity index (χ2v) is 19.6. The second-order valence-electron chi connectivity index (χ2n) is 17.4. The highest BCUT2D eigenvalue weighted by molar-refractivity contribution is 14.1. The molecule has 6 amide bonds. The van der Waals surface area contributed by atoms with Crippen molar-refractivity contribution in [2.75, 3.05) is 91.3 Å². The van der Waals surface area contributed by atoms with E-state index in [-0.39, 0.29) is 107 Å². The summed E-state index contributed by atoms with van der Waals surface area (Å²) < 4.78 is 54.4. The fourth-order valence-electron chi connectivity index (χ4n) is 6.88. The number of amides is 6. The maximum Gasteiger partial charge on any atom is 0.264 e. The molecule has 24 heteroatoms. The lowest BCUT2D eigenvalue weighted by Gasteiger charge is -2.14. The number of hydrogen-bond donors (Lipinski definition) is 10. The Bertz CT molecular complexity index is 1490. The summed E-state index contributed by atoms with van der Waals surface area (Å²) in [4.78, 5) is 71.8. The van der Waals surface area contributed by atoms with E-state index in [9.17, 15) is 37.2 Å². The van der Waals surface area contributed by atoms with Crippen molar-refractivity contribution in [3.63, 3.8) is 0 Å². The minimum absolute atomic E-state index is 0.0558. The number of nitrogens with two attached hydrogens (primary N) is 3. The third-order valence-corrected chi connectivity index (χ3v) is 12.6. The molecule has 0 aromatic heterocycles. The van der Waals surface area contributed by atoms with Gasteiger partial charge in [-0.15, -0.1) is 0 Å². The summed E-state index contributed by atoms with van der Waals surface area (Å²) in [5, 5.41) is 13.9. The average Bonchev–Trinajstić information content (AvgIpc) is 3.31. The summed E-state index contributed by atoms with van der Waals surface area (Å²) in [6.45, 7) is 3.22. The van der Waals surface area contributed by atoms with Crippen molar-refractivity contribution in [3.8, 4) is 0 Å². The van der Waals surface area contributed by atoms with E-state index in [4.69, 9.17) is 40.7 Å². The highest BCUT2D eigenvalue weighted by Gasteiger charge is 2.15. The molecule has 0 aliphatic rings. The molecule has 0 radical (unpaired) electrons. The van der Waals surface area contributed by atoms with Gasteiger partial charge in [0, 0.05) is 62.0 Å². The number of hydrogen-bond acceptors (Lipinski definition) is 15. The molecule has 0 aromatic carbocycles. The highest BCUT2D eigenvalue weighted by Crippen LogP contribution is 2.13. The number of ether oxygens (including phenoxy) is 4. The predicted molar refractivity (Wildman–Crippen MR) is 277 cm³/mol. The minimum atomic E-state index is -3.83. The molecule has 0 saturated heterocycles. The van der Waals surface area contributed by atoms with Crippen LogP contribution < -0.4 is 47.3 Å². The topological polar surface area (TPSA) is 344 Å². The van der Waals surface area contributed by atoms with Gasteiger partial charge in [0.2, 0.25) is 35.4 Å². The Labute approximate surface area is 431 Å². The van der Waals surface area contributed by atoms with Crippen LogP contribution in [0, 0.1) is 0 Å². The Kier molecular flexibility index (Phi) is 45.3. The lowest BCUT2D eigenvalue weighted by molar-refractivity contribution is -0.127. The third-order valence-electron chi connectivity index (χ3n) is 11.0. The molecule has 0 fully saturated rings. The Morgan fingerprint density at radius 1 is 0.457 bits per heavy atom. The Morgan fingerprint density at radius 2 is 0.829 bits per heavy atom. The zero-order valence-electron chi connectivity index (χ0n) is 41.8. The molecule has 0 aliphatic heterocycles. The smallest absolute Gasteiger partial charge is 0.264 e. The van der Waals surface area contributed by atoms with E-state index in [0.717, 1.165) is 64.2 Å². The molecule has 13 N–H and O–H groups in total. The lowest BCUT2D eigenvalue weighted by Crippen LogP contribution is -2.42. The van der Waals surface area contributed by atoms with Crippen molar-refractivity contribution in [1.29, 1.82) is 0 Å². The van der Waals surface area contributed by atoms with E-state index >= 15 is 0 Å². The van der Waals surface area contributed by atoms with Crippen LogP contribution in [0.15, 0.2) is 0 Å². The van der Waals surface area contributed by atoms with Gasteiger partial charge >= 0.3 is 0 Å². The van der Waals surface area contributed by atoms with Gasteiger partial charge in [-0.1, -0.05) is 70.6 Å². The number of unbranched alkanes of at least 4 members (excludes halogenated alkanes) is 15. The Hall–Kier alpha value is -2.82. The number of primary amides is 1. The van der Waals surface area contributed by atoms with Crippen molar-refractivity contribution in [2.45, 2.75) is 166 Å². The fraction of sp³-hybridized carbons (Fsp3) is 0.870. The van der Waals surface area contributed by atoms with Gasteiger partial charge < -0.3 is 62.7 Å². The molecule has 0 aliphatic carbocycles. The van der Waals surface area contributed by atoms with Crippen molar-refractivity contribution < 1.29 is 60.7 Å². The first kappa shape index (κ1) is 67.2. The number of carbonyl (C=O) groups excluding carboxylic acids is 6. The van der Waals surface area contributed by atoms with E-state index in [1.54, 1.807) is 0 Å². The van der Waals surface area contributed by atoms with Crippen LogP contribution in [-0.2, 0) is 57.8 Å². The molecule has 70 heavy (non-hydrogen) atoms. The second kappa shape index (κ2) is 47.2. The summed E-state index contributed by atoms with van der Waals surface area (Å²) in [5.74, 6) is -1.55. The summed E-state index contributed by atoms with van der Waals surface area (Å²) in [6.07, 6.45) is 20.0. The van der Waals surface area contributed by atoms with Crippen molar-refractivity contribution >= 4 is 68.4 Å². The van der Waals surface area contributed by atoms with Crippen LogP contribution in [-0.4, -0.2) is 158 Å². The van der Waals surface area contributed by atoms with Crippen LogP contribution >= 0.6 is 22.9 Å². The zero-order chi connectivity index (χ0) is 51.9. The maximum absolute atomic E-state index is 12.4. The van der Waals surface area contributed by atoms with Crippen LogP contribution in [0.1, 0.15) is 148 Å². The van der Waals surface area contributed by atoms with Crippen LogP contribution in [0.4, 0.5) is 0 Å². The predicted octanol–water partition coefficient (Wildman–Crippen LogP) is 1.94. The number of carbonyl (C=O) groups is 6. The van der Waals surface area contributed by atoms with Crippen LogP contribution in [0.2, 0.25) is 0 Å². The van der Waals surface area contributed by atoms with Gasteiger partial charge in [0.1, 0.15) is 13.2 Å². The first-order valence-corrected chi connectivity index (χ1v) is 28.1. The van der Waals surface area contributed by atoms with E-state index in [1.165, 1.54) is 32.1 Å². The standard InChI is InChI=1S/C46H90IN9O13S/c47-56-40(44(50)60)22-15-18-25-52-42(58)36-68-33-31-66-29-27-53-43(59)37-69-34-32-67-30-28-55-46(62)39(49)21-14-17-26-54-45(61)38(48)20-13-16-24-51-41(57)23-12-10-8-6-4-2-1-3-5-7-9-11-19-35-70(63,64)65/h38-40,56H,1-37,48-49H2,(H2,50,60)(H,51,57)(H,52,58)(H,53,59)(H,54,61)(H,55,62)(H,63,64,65)/t38-,39-,40-/m0/s1.